The lowest BCUT2D eigenvalue weighted by Crippen LogP contribution is -2.42. The molecule has 2 aromatic rings. The van der Waals surface area contributed by atoms with Gasteiger partial charge in [0.2, 0.25) is 0 Å². The van der Waals surface area contributed by atoms with Crippen LogP contribution in [-0.4, -0.2) is 5.54 Å². The fourth-order valence-electron chi connectivity index (χ4n) is 5.66. The van der Waals surface area contributed by atoms with Gasteiger partial charge in [0.15, 0.2) is 0 Å². The Bertz CT molecular complexity index is 1020. The molecule has 1 heteroatoms. The van der Waals surface area contributed by atoms with E-state index in [0.717, 1.165) is 6.42 Å². The van der Waals surface area contributed by atoms with Gasteiger partial charge in [-0.25, -0.2) is 0 Å². The van der Waals surface area contributed by atoms with Crippen molar-refractivity contribution < 1.29 is 0 Å². The van der Waals surface area contributed by atoms with E-state index in [4.69, 9.17) is 0 Å². The normalized spacial score (nSPS) is 20.1. The van der Waals surface area contributed by atoms with Gasteiger partial charge in [0.1, 0.15) is 0 Å². The van der Waals surface area contributed by atoms with Crippen LogP contribution in [0.3, 0.4) is 0 Å². The second-order valence-electron chi connectivity index (χ2n) is 10.7. The van der Waals surface area contributed by atoms with E-state index in [1.807, 2.05) is 0 Å². The van der Waals surface area contributed by atoms with Crippen molar-refractivity contribution in [1.82, 2.24) is 0 Å². The maximum absolute atomic E-state index is 4.12. The fraction of sp³-hybridized carbons (Fsp3) is 0.467. The van der Waals surface area contributed by atoms with Gasteiger partial charge in [-0.1, -0.05) is 104 Å². The van der Waals surface area contributed by atoms with Gasteiger partial charge in [0.05, 0.1) is 11.2 Å². The molecule has 31 heavy (non-hydrogen) atoms. The molecule has 1 atom stereocenters. The van der Waals surface area contributed by atoms with Crippen molar-refractivity contribution in [2.24, 2.45) is 11.8 Å². The van der Waals surface area contributed by atoms with Crippen LogP contribution in [0.15, 0.2) is 54.1 Å². The molecule has 0 amide bonds. The summed E-state index contributed by atoms with van der Waals surface area (Å²) in [6, 6.07) is 13.9. The van der Waals surface area contributed by atoms with Gasteiger partial charge in [-0.05, 0) is 57.9 Å². The quantitative estimate of drug-likeness (QED) is 0.516. The third-order valence-corrected chi connectivity index (χ3v) is 7.40. The molecule has 0 spiro atoms. The Hall–Kier alpha value is -2.28. The molecule has 4 rings (SSSR count). The number of allylic oxidation sites excluding steroid dienone is 2. The van der Waals surface area contributed by atoms with Crippen molar-refractivity contribution in [1.29, 1.82) is 0 Å². The third-order valence-electron chi connectivity index (χ3n) is 7.40. The lowest BCUT2D eigenvalue weighted by Gasteiger charge is -2.39. The summed E-state index contributed by atoms with van der Waals surface area (Å²) in [7, 11) is 0. The van der Waals surface area contributed by atoms with E-state index >= 15 is 0 Å². The lowest BCUT2D eigenvalue weighted by atomic mass is 9.71. The van der Waals surface area contributed by atoms with Crippen LogP contribution in [-0.2, 0) is 0 Å². The van der Waals surface area contributed by atoms with Crippen LogP contribution < -0.4 is 5.32 Å². The van der Waals surface area contributed by atoms with Crippen LogP contribution in [0, 0.1) is 11.8 Å². The van der Waals surface area contributed by atoms with Gasteiger partial charge >= 0.3 is 0 Å². The summed E-state index contributed by atoms with van der Waals surface area (Å²) in [4.78, 5) is 0. The van der Waals surface area contributed by atoms with E-state index in [0.29, 0.717) is 23.7 Å². The predicted molar refractivity (Wildman–Crippen MR) is 137 cm³/mol. The maximum atomic E-state index is 4.12. The first-order chi connectivity index (χ1) is 14.7. The first kappa shape index (κ1) is 21.9. The summed E-state index contributed by atoms with van der Waals surface area (Å²) in [6.45, 7) is 18.7. The number of hydrogen-bond acceptors (Lipinski definition) is 1. The van der Waals surface area contributed by atoms with Gasteiger partial charge in [-0.3, -0.25) is 0 Å². The summed E-state index contributed by atoms with van der Waals surface area (Å²) >= 11 is 0. The molecule has 1 aliphatic heterocycles. The highest BCUT2D eigenvalue weighted by Gasteiger charge is 2.47. The second kappa shape index (κ2) is 8.01. The maximum Gasteiger partial charge on any atom is 0.0692 e. The van der Waals surface area contributed by atoms with Crippen molar-refractivity contribution in [3.8, 4) is 11.1 Å². The van der Waals surface area contributed by atoms with Crippen molar-refractivity contribution in [3.05, 3.63) is 70.8 Å². The SMILES string of the molecule is CC(C)C1=C2c3cccc(-c4c(C(C)C)cccc4C(C)C)c3NC2(C(C)C)CC=C1. The number of nitrogens with one attached hydrogen (secondary N) is 1. The number of rotatable bonds is 5. The Morgan fingerprint density at radius 3 is 1.87 bits per heavy atom. The summed E-state index contributed by atoms with van der Waals surface area (Å²) in [5.74, 6) is 1.99. The molecule has 0 fully saturated rings. The van der Waals surface area contributed by atoms with Gasteiger partial charge in [0.25, 0.3) is 0 Å². The Morgan fingerprint density at radius 1 is 0.742 bits per heavy atom. The fourth-order valence-corrected chi connectivity index (χ4v) is 5.66. The highest BCUT2D eigenvalue weighted by molar-refractivity contribution is 6.00. The minimum atomic E-state index is -0.0163. The zero-order valence-electron chi connectivity index (χ0n) is 20.6. The van der Waals surface area contributed by atoms with Crippen LogP contribution in [0.1, 0.15) is 90.3 Å². The highest BCUT2D eigenvalue weighted by Crippen LogP contribution is 2.55. The number of benzene rings is 2. The Kier molecular flexibility index (Phi) is 5.66. The average molecular weight is 414 g/mol. The minimum absolute atomic E-state index is 0.0163. The number of para-hydroxylation sites is 1. The van der Waals surface area contributed by atoms with Gasteiger partial charge in [-0.15, -0.1) is 0 Å². The monoisotopic (exact) mass is 413 g/mol. The Balaban J connectivity index is 2.05. The van der Waals surface area contributed by atoms with E-state index in [2.05, 4.69) is 109 Å². The number of hydrogen-bond donors (Lipinski definition) is 1. The van der Waals surface area contributed by atoms with E-state index in [1.54, 1.807) is 0 Å². The zero-order chi connectivity index (χ0) is 22.5. The van der Waals surface area contributed by atoms with Crippen molar-refractivity contribution >= 4 is 11.3 Å². The van der Waals surface area contributed by atoms with Crippen molar-refractivity contribution in [2.75, 3.05) is 5.32 Å². The van der Waals surface area contributed by atoms with Crippen LogP contribution in [0.4, 0.5) is 5.69 Å². The average Bonchev–Trinajstić information content (AvgIpc) is 3.09. The van der Waals surface area contributed by atoms with E-state index in [9.17, 15) is 0 Å². The number of anilines is 1. The molecule has 2 aromatic carbocycles. The molecular formula is C30H39N. The van der Waals surface area contributed by atoms with Crippen LogP contribution in [0.25, 0.3) is 16.7 Å². The lowest BCUT2D eigenvalue weighted by molar-refractivity contribution is 0.437. The molecule has 1 aliphatic carbocycles. The van der Waals surface area contributed by atoms with Crippen molar-refractivity contribution in [3.63, 3.8) is 0 Å². The van der Waals surface area contributed by atoms with E-state index < -0.39 is 0 Å². The highest BCUT2D eigenvalue weighted by atomic mass is 15.0. The minimum Gasteiger partial charge on any atom is -0.374 e. The standard InChI is InChI=1S/C30H39N/c1-18(2)22-12-9-13-23(19(3)4)27(22)25-14-10-15-26-28-24(20(5)6)16-11-17-30(28,21(7)8)31-29(25)26/h9-16,18-21,31H,17H2,1-8H3. The van der Waals surface area contributed by atoms with Crippen LogP contribution >= 0.6 is 0 Å². The van der Waals surface area contributed by atoms with Gasteiger partial charge in [-0.2, -0.15) is 0 Å². The predicted octanol–water partition coefficient (Wildman–Crippen LogP) is 8.79. The molecule has 164 valence electrons. The first-order valence-corrected chi connectivity index (χ1v) is 12.1. The number of fused-ring (bicyclic) bond motifs is 3. The van der Waals surface area contributed by atoms with E-state index in [-0.39, 0.29) is 5.54 Å². The van der Waals surface area contributed by atoms with Gasteiger partial charge in [0, 0.05) is 11.1 Å². The van der Waals surface area contributed by atoms with Crippen LogP contribution in [0.2, 0.25) is 0 Å². The van der Waals surface area contributed by atoms with Crippen molar-refractivity contribution in [2.45, 2.75) is 79.2 Å². The molecule has 2 aliphatic rings. The Labute approximate surface area is 189 Å². The zero-order valence-corrected chi connectivity index (χ0v) is 20.6. The molecule has 0 aromatic heterocycles. The molecule has 1 heterocycles. The van der Waals surface area contributed by atoms with Gasteiger partial charge < -0.3 is 5.32 Å². The molecule has 0 saturated heterocycles. The second-order valence-corrected chi connectivity index (χ2v) is 10.7. The summed E-state index contributed by atoms with van der Waals surface area (Å²) < 4.78 is 0. The van der Waals surface area contributed by atoms with E-state index in [1.165, 1.54) is 44.7 Å². The largest absolute Gasteiger partial charge is 0.374 e. The topological polar surface area (TPSA) is 12.0 Å². The molecule has 1 nitrogen and oxygen atoms in total. The smallest absolute Gasteiger partial charge is 0.0692 e. The molecule has 1 N–H and O–H groups in total. The summed E-state index contributed by atoms with van der Waals surface area (Å²) in [6.07, 6.45) is 5.82. The molecule has 0 saturated carbocycles. The molecule has 0 radical (unpaired) electrons. The Morgan fingerprint density at radius 2 is 1.32 bits per heavy atom. The first-order valence-electron chi connectivity index (χ1n) is 12.1. The summed E-state index contributed by atoms with van der Waals surface area (Å²) in [5.41, 5.74) is 11.5. The summed E-state index contributed by atoms with van der Waals surface area (Å²) in [5, 5.41) is 4.12. The molecule has 1 unspecified atom stereocenters. The molecular weight excluding hydrogens is 374 g/mol. The van der Waals surface area contributed by atoms with Crippen LogP contribution in [0.5, 0.6) is 0 Å². The molecule has 0 bridgehead atoms. The third kappa shape index (κ3) is 3.37.